The van der Waals surface area contributed by atoms with E-state index in [1.54, 1.807) is 0 Å². The van der Waals surface area contributed by atoms with Crippen molar-refractivity contribution in [3.8, 4) is 0 Å². The highest BCUT2D eigenvalue weighted by Crippen LogP contribution is 2.58. The Morgan fingerprint density at radius 2 is 2.00 bits per heavy atom. The van der Waals surface area contributed by atoms with Crippen molar-refractivity contribution in [3.05, 3.63) is 0 Å². The quantitative estimate of drug-likeness (QED) is 0.834. The first-order chi connectivity index (χ1) is 8.70. The molecule has 0 spiro atoms. The van der Waals surface area contributed by atoms with Crippen LogP contribution in [0.5, 0.6) is 0 Å². The summed E-state index contributed by atoms with van der Waals surface area (Å²) in [5.41, 5.74) is 5.90. The van der Waals surface area contributed by atoms with E-state index in [2.05, 4.69) is 12.2 Å². The fourth-order valence-electron chi connectivity index (χ4n) is 4.97. The summed E-state index contributed by atoms with van der Waals surface area (Å²) in [5.74, 6) is 3.66. The number of halogens is 1. The van der Waals surface area contributed by atoms with E-state index < -0.39 is 0 Å². The van der Waals surface area contributed by atoms with Crippen molar-refractivity contribution in [2.45, 2.75) is 64.0 Å². The largest absolute Gasteiger partial charge is 0.352 e. The molecule has 0 aromatic carbocycles. The van der Waals surface area contributed by atoms with Crippen LogP contribution in [-0.2, 0) is 4.79 Å². The summed E-state index contributed by atoms with van der Waals surface area (Å²) in [7, 11) is 0. The number of rotatable bonds is 4. The van der Waals surface area contributed by atoms with Crippen molar-refractivity contribution in [1.29, 1.82) is 0 Å². The second kappa shape index (κ2) is 6.01. The fraction of sp³-hybridized carbons (Fsp3) is 0.933. The summed E-state index contributed by atoms with van der Waals surface area (Å²) >= 11 is 0. The van der Waals surface area contributed by atoms with Crippen LogP contribution < -0.4 is 11.1 Å². The van der Waals surface area contributed by atoms with Gasteiger partial charge < -0.3 is 11.1 Å². The van der Waals surface area contributed by atoms with Gasteiger partial charge >= 0.3 is 0 Å². The first-order valence-electron chi connectivity index (χ1n) is 7.76. The third kappa shape index (κ3) is 2.64. The molecule has 0 heterocycles. The molecule has 2 bridgehead atoms. The molecule has 0 radical (unpaired) electrons. The lowest BCUT2D eigenvalue weighted by Gasteiger charge is -2.32. The van der Waals surface area contributed by atoms with Crippen LogP contribution in [0.2, 0.25) is 0 Å². The summed E-state index contributed by atoms with van der Waals surface area (Å²) in [5, 5.41) is 3.24. The maximum absolute atomic E-state index is 12.0. The molecule has 6 atom stereocenters. The number of carbonyl (C=O) groups is 1. The zero-order valence-electron chi connectivity index (χ0n) is 11.8. The van der Waals surface area contributed by atoms with Gasteiger partial charge in [0.05, 0.1) is 6.04 Å². The molecule has 4 heteroatoms. The maximum Gasteiger partial charge on any atom is 0.237 e. The van der Waals surface area contributed by atoms with Crippen LogP contribution >= 0.6 is 12.4 Å². The molecule has 3 saturated carbocycles. The van der Waals surface area contributed by atoms with E-state index in [0.717, 1.165) is 36.5 Å². The predicted molar refractivity (Wildman–Crippen MR) is 79.1 cm³/mol. The zero-order chi connectivity index (χ0) is 12.7. The molecule has 3 fully saturated rings. The molecule has 110 valence electrons. The number of hydrogen-bond donors (Lipinski definition) is 2. The van der Waals surface area contributed by atoms with E-state index in [-0.39, 0.29) is 24.4 Å². The molecule has 3 aliphatic carbocycles. The number of amides is 1. The fourth-order valence-corrected chi connectivity index (χ4v) is 4.97. The molecule has 19 heavy (non-hydrogen) atoms. The number of hydrogen-bond acceptors (Lipinski definition) is 2. The van der Waals surface area contributed by atoms with Crippen LogP contribution in [0.1, 0.15) is 51.9 Å². The van der Waals surface area contributed by atoms with Crippen molar-refractivity contribution in [1.82, 2.24) is 5.32 Å². The van der Waals surface area contributed by atoms with Crippen LogP contribution in [0.4, 0.5) is 0 Å². The summed E-state index contributed by atoms with van der Waals surface area (Å²) in [6.07, 6.45) is 8.63. The first-order valence-corrected chi connectivity index (χ1v) is 7.76. The normalized spacial score (nSPS) is 40.6. The van der Waals surface area contributed by atoms with Crippen molar-refractivity contribution in [3.63, 3.8) is 0 Å². The molecule has 0 aliphatic heterocycles. The number of nitrogens with one attached hydrogen (secondary N) is 1. The van der Waals surface area contributed by atoms with E-state index >= 15 is 0 Å². The van der Waals surface area contributed by atoms with E-state index in [0.29, 0.717) is 6.04 Å². The van der Waals surface area contributed by atoms with Gasteiger partial charge in [-0.2, -0.15) is 0 Å². The Kier molecular flexibility index (Phi) is 4.78. The summed E-state index contributed by atoms with van der Waals surface area (Å²) in [4.78, 5) is 12.0. The molecule has 3 rings (SSSR count). The Morgan fingerprint density at radius 3 is 2.74 bits per heavy atom. The number of fused-ring (bicyclic) bond motifs is 5. The third-order valence-electron chi connectivity index (χ3n) is 5.69. The lowest BCUT2D eigenvalue weighted by Crippen LogP contribution is -2.48. The first kappa shape index (κ1) is 15.1. The van der Waals surface area contributed by atoms with Gasteiger partial charge in [0.25, 0.3) is 0 Å². The molecule has 3 N–H and O–H groups in total. The average molecular weight is 287 g/mol. The van der Waals surface area contributed by atoms with E-state index in [9.17, 15) is 4.79 Å². The lowest BCUT2D eigenvalue weighted by atomic mass is 9.79. The van der Waals surface area contributed by atoms with Crippen molar-refractivity contribution in [2.24, 2.45) is 29.4 Å². The zero-order valence-corrected chi connectivity index (χ0v) is 12.6. The average Bonchev–Trinajstić information content (AvgIpc) is 3.00. The predicted octanol–water partition coefficient (Wildman–Crippen LogP) is 2.48. The highest BCUT2D eigenvalue weighted by molar-refractivity contribution is 5.85. The molecule has 0 saturated heterocycles. The topological polar surface area (TPSA) is 55.1 Å². The molecule has 0 aromatic rings. The molecule has 1 amide bonds. The monoisotopic (exact) mass is 286 g/mol. The molecule has 3 nitrogen and oxygen atoms in total. The summed E-state index contributed by atoms with van der Waals surface area (Å²) < 4.78 is 0. The van der Waals surface area contributed by atoms with E-state index in [1.807, 2.05) is 0 Å². The van der Waals surface area contributed by atoms with Gasteiger partial charge in [0.1, 0.15) is 0 Å². The Hall–Kier alpha value is -0.280. The van der Waals surface area contributed by atoms with Crippen molar-refractivity contribution in [2.75, 3.05) is 0 Å². The second-order valence-electron chi connectivity index (χ2n) is 6.66. The Morgan fingerprint density at radius 1 is 1.26 bits per heavy atom. The van der Waals surface area contributed by atoms with Crippen LogP contribution in [-0.4, -0.2) is 18.0 Å². The molecule has 6 unspecified atom stereocenters. The van der Waals surface area contributed by atoms with Crippen LogP contribution in [0, 0.1) is 23.7 Å². The Bertz CT molecular complexity index is 336. The van der Waals surface area contributed by atoms with E-state index in [4.69, 9.17) is 5.73 Å². The van der Waals surface area contributed by atoms with Gasteiger partial charge in [0, 0.05) is 6.04 Å². The number of carbonyl (C=O) groups excluding carboxylic acids is 1. The summed E-state index contributed by atoms with van der Waals surface area (Å²) in [6.45, 7) is 2.08. The van der Waals surface area contributed by atoms with Gasteiger partial charge in [0.15, 0.2) is 0 Å². The van der Waals surface area contributed by atoms with Gasteiger partial charge in [0.2, 0.25) is 5.91 Å². The lowest BCUT2D eigenvalue weighted by molar-refractivity contribution is -0.123. The van der Waals surface area contributed by atoms with Crippen LogP contribution in [0.15, 0.2) is 0 Å². The van der Waals surface area contributed by atoms with Crippen molar-refractivity contribution < 1.29 is 4.79 Å². The highest BCUT2D eigenvalue weighted by Gasteiger charge is 2.54. The minimum Gasteiger partial charge on any atom is -0.352 e. The van der Waals surface area contributed by atoms with Gasteiger partial charge in [-0.3, -0.25) is 4.79 Å². The van der Waals surface area contributed by atoms with Gasteiger partial charge in [-0.05, 0) is 55.8 Å². The third-order valence-corrected chi connectivity index (χ3v) is 5.69. The van der Waals surface area contributed by atoms with Gasteiger partial charge in [-0.25, -0.2) is 0 Å². The molecular formula is C15H27ClN2O. The number of nitrogens with two attached hydrogens (primary N) is 1. The van der Waals surface area contributed by atoms with Crippen molar-refractivity contribution >= 4 is 18.3 Å². The second-order valence-corrected chi connectivity index (χ2v) is 6.66. The van der Waals surface area contributed by atoms with Crippen LogP contribution in [0.25, 0.3) is 0 Å². The standard InChI is InChI=1S/C15H26N2O.ClH/c1-2-4-13(16)15(18)17-14-8-9-7-12(14)11-6-3-5-10(9)11;/h9-14H,2-8,16H2,1H3,(H,17,18);1H. The molecule has 0 aromatic heterocycles. The maximum atomic E-state index is 12.0. The Labute approximate surface area is 122 Å². The minimum absolute atomic E-state index is 0. The highest BCUT2D eigenvalue weighted by atomic mass is 35.5. The smallest absolute Gasteiger partial charge is 0.237 e. The SMILES string of the molecule is CCCC(N)C(=O)NC1CC2CC1C1CCCC21.Cl. The Balaban J connectivity index is 0.00000133. The molecular weight excluding hydrogens is 260 g/mol. The minimum atomic E-state index is -0.298. The van der Waals surface area contributed by atoms with Crippen LogP contribution in [0.3, 0.4) is 0 Å². The molecule has 3 aliphatic rings. The summed E-state index contributed by atoms with van der Waals surface area (Å²) in [6, 6.07) is 0.137. The van der Waals surface area contributed by atoms with Gasteiger partial charge in [-0.1, -0.05) is 19.8 Å². The van der Waals surface area contributed by atoms with Gasteiger partial charge in [-0.15, -0.1) is 12.4 Å². The van der Waals surface area contributed by atoms with E-state index in [1.165, 1.54) is 32.1 Å².